The van der Waals surface area contributed by atoms with Crippen LogP contribution in [0.5, 0.6) is 0 Å². The number of anilines is 2. The molecular weight excluding hydrogens is 412 g/mol. The highest BCUT2D eigenvalue weighted by Crippen LogP contribution is 2.31. The zero-order valence-corrected chi connectivity index (χ0v) is 18.5. The number of carbonyl (C=O) groups is 2. The molecule has 0 saturated heterocycles. The molecule has 0 spiro atoms. The van der Waals surface area contributed by atoms with Crippen molar-refractivity contribution in [3.05, 3.63) is 69.9 Å². The van der Waals surface area contributed by atoms with E-state index in [1.165, 1.54) is 24.3 Å². The fourth-order valence-corrected chi connectivity index (χ4v) is 3.28. The Labute approximate surface area is 186 Å². The van der Waals surface area contributed by atoms with Gasteiger partial charge in [-0.2, -0.15) is 0 Å². The largest absolute Gasteiger partial charge is 0.378 e. The summed E-state index contributed by atoms with van der Waals surface area (Å²) in [5, 5.41) is 14.1. The predicted octanol–water partition coefficient (Wildman–Crippen LogP) is 3.28. The lowest BCUT2D eigenvalue weighted by atomic mass is 10.0. The Kier molecular flexibility index (Phi) is 6.89. The van der Waals surface area contributed by atoms with Crippen LogP contribution in [0.2, 0.25) is 0 Å². The number of amides is 2. The molecule has 0 unspecified atom stereocenters. The number of hydrogen-bond donors (Lipinski definition) is 1. The maximum atomic E-state index is 13.2. The molecule has 3 rings (SSSR count). The summed E-state index contributed by atoms with van der Waals surface area (Å²) < 4.78 is 5.51. The third-order valence-corrected chi connectivity index (χ3v) is 4.95. The zero-order valence-electron chi connectivity index (χ0n) is 18.5. The molecule has 1 heterocycles. The zero-order chi connectivity index (χ0) is 23.4. The minimum absolute atomic E-state index is 0.0299. The van der Waals surface area contributed by atoms with Crippen LogP contribution < -0.4 is 10.2 Å². The van der Waals surface area contributed by atoms with Crippen LogP contribution in [0.15, 0.2) is 54.2 Å². The maximum absolute atomic E-state index is 13.2. The average molecular weight is 438 g/mol. The summed E-state index contributed by atoms with van der Waals surface area (Å²) in [5.41, 5.74) is 2.26. The van der Waals surface area contributed by atoms with Crippen LogP contribution in [-0.4, -0.2) is 55.0 Å². The molecule has 168 valence electrons. The molecule has 0 fully saturated rings. The van der Waals surface area contributed by atoms with Gasteiger partial charge in [0.15, 0.2) is 0 Å². The van der Waals surface area contributed by atoms with Gasteiger partial charge >= 0.3 is 0 Å². The molecule has 1 N–H and O–H groups in total. The van der Waals surface area contributed by atoms with Gasteiger partial charge < -0.3 is 15.0 Å². The minimum atomic E-state index is -0.513. The molecule has 0 aliphatic carbocycles. The van der Waals surface area contributed by atoms with Crippen molar-refractivity contribution >= 4 is 34.4 Å². The number of hydrogen-bond acceptors (Lipinski definition) is 7. The van der Waals surface area contributed by atoms with Gasteiger partial charge in [-0.15, -0.1) is 0 Å². The van der Waals surface area contributed by atoms with Crippen molar-refractivity contribution in [2.24, 2.45) is 0 Å². The summed E-state index contributed by atoms with van der Waals surface area (Å²) in [5.74, 6) is -0.934. The van der Waals surface area contributed by atoms with E-state index in [0.717, 1.165) is 10.6 Å². The Bertz CT molecular complexity index is 1040. The number of rotatable bonds is 9. The van der Waals surface area contributed by atoms with E-state index in [1.54, 1.807) is 0 Å². The maximum Gasteiger partial charge on any atom is 0.278 e. The first kappa shape index (κ1) is 23.0. The standard InChI is InChI=1S/C23H26N4O5/c1-15(2)32-14-13-26-22(28)20(16-5-9-19(10-6-16)27(30)31)21(23(26)29)24-17-7-11-18(12-8-17)25(3)4/h5-12,15,24H,13-14H2,1-4H3. The summed E-state index contributed by atoms with van der Waals surface area (Å²) in [4.78, 5) is 39.9. The summed E-state index contributed by atoms with van der Waals surface area (Å²) >= 11 is 0. The van der Waals surface area contributed by atoms with E-state index in [-0.39, 0.29) is 36.2 Å². The lowest BCUT2D eigenvalue weighted by Gasteiger charge is -2.16. The topological polar surface area (TPSA) is 105 Å². The summed E-state index contributed by atoms with van der Waals surface area (Å²) in [6.45, 7) is 4.07. The fourth-order valence-electron chi connectivity index (χ4n) is 3.28. The van der Waals surface area contributed by atoms with Gasteiger partial charge in [-0.3, -0.25) is 24.6 Å². The molecule has 0 radical (unpaired) electrons. The van der Waals surface area contributed by atoms with Gasteiger partial charge in [0.2, 0.25) is 0 Å². The Morgan fingerprint density at radius 3 is 2.19 bits per heavy atom. The van der Waals surface area contributed by atoms with Crippen molar-refractivity contribution in [2.75, 3.05) is 37.5 Å². The van der Waals surface area contributed by atoms with Crippen molar-refractivity contribution in [1.29, 1.82) is 0 Å². The molecule has 9 nitrogen and oxygen atoms in total. The first-order chi connectivity index (χ1) is 15.2. The van der Waals surface area contributed by atoms with Crippen molar-refractivity contribution in [1.82, 2.24) is 4.90 Å². The van der Waals surface area contributed by atoms with Crippen molar-refractivity contribution in [3.63, 3.8) is 0 Å². The minimum Gasteiger partial charge on any atom is -0.378 e. The Morgan fingerprint density at radius 1 is 1.03 bits per heavy atom. The third kappa shape index (κ3) is 4.94. The van der Waals surface area contributed by atoms with E-state index in [9.17, 15) is 19.7 Å². The van der Waals surface area contributed by atoms with Crippen LogP contribution in [0.1, 0.15) is 19.4 Å². The molecule has 0 atom stereocenters. The second-order valence-corrected chi connectivity index (χ2v) is 7.80. The van der Waals surface area contributed by atoms with Crippen LogP contribution >= 0.6 is 0 Å². The van der Waals surface area contributed by atoms with Gasteiger partial charge in [0, 0.05) is 37.6 Å². The molecule has 32 heavy (non-hydrogen) atoms. The molecule has 2 aromatic rings. The highest BCUT2D eigenvalue weighted by atomic mass is 16.6. The van der Waals surface area contributed by atoms with Crippen LogP contribution in [0, 0.1) is 10.1 Å². The monoisotopic (exact) mass is 438 g/mol. The molecule has 2 amide bonds. The van der Waals surface area contributed by atoms with E-state index in [4.69, 9.17) is 4.74 Å². The van der Waals surface area contributed by atoms with Gasteiger partial charge in [0.25, 0.3) is 17.5 Å². The van der Waals surface area contributed by atoms with Gasteiger partial charge in [-0.05, 0) is 55.8 Å². The average Bonchev–Trinajstić information content (AvgIpc) is 2.98. The number of nitro benzene ring substituents is 1. The molecule has 2 aromatic carbocycles. The molecular formula is C23H26N4O5. The number of nitrogens with one attached hydrogen (secondary N) is 1. The third-order valence-electron chi connectivity index (χ3n) is 4.95. The van der Waals surface area contributed by atoms with Crippen molar-refractivity contribution < 1.29 is 19.2 Å². The predicted molar refractivity (Wildman–Crippen MR) is 122 cm³/mol. The molecule has 0 bridgehead atoms. The van der Waals surface area contributed by atoms with E-state index in [1.807, 2.05) is 57.1 Å². The quantitative estimate of drug-likeness (QED) is 0.364. The van der Waals surface area contributed by atoms with Crippen LogP contribution in [-0.2, 0) is 14.3 Å². The summed E-state index contributed by atoms with van der Waals surface area (Å²) in [6.07, 6.45) is -0.0299. The number of nitrogens with zero attached hydrogens (tertiary/aromatic N) is 3. The first-order valence-electron chi connectivity index (χ1n) is 10.2. The number of benzene rings is 2. The molecule has 1 aliphatic heterocycles. The number of non-ortho nitro benzene ring substituents is 1. The smallest absolute Gasteiger partial charge is 0.278 e. The van der Waals surface area contributed by atoms with Crippen LogP contribution in [0.3, 0.4) is 0 Å². The highest BCUT2D eigenvalue weighted by Gasteiger charge is 2.39. The van der Waals surface area contributed by atoms with E-state index in [2.05, 4.69) is 5.32 Å². The molecule has 1 aliphatic rings. The number of ether oxygens (including phenoxy) is 1. The lowest BCUT2D eigenvalue weighted by Crippen LogP contribution is -2.35. The second-order valence-electron chi connectivity index (χ2n) is 7.80. The highest BCUT2D eigenvalue weighted by molar-refractivity contribution is 6.36. The number of imide groups is 1. The second kappa shape index (κ2) is 9.61. The molecule has 9 heteroatoms. The summed E-state index contributed by atoms with van der Waals surface area (Å²) in [7, 11) is 3.85. The SMILES string of the molecule is CC(C)OCCN1C(=O)C(Nc2ccc(N(C)C)cc2)=C(c2ccc([N+](=O)[O-])cc2)C1=O. The molecule has 0 aromatic heterocycles. The van der Waals surface area contributed by atoms with Crippen molar-refractivity contribution in [2.45, 2.75) is 20.0 Å². The van der Waals surface area contributed by atoms with Gasteiger partial charge in [-0.25, -0.2) is 0 Å². The van der Waals surface area contributed by atoms with E-state index < -0.39 is 16.7 Å². The molecule has 0 saturated carbocycles. The number of carbonyl (C=O) groups excluding carboxylic acids is 2. The van der Waals surface area contributed by atoms with Gasteiger partial charge in [0.05, 0.1) is 29.8 Å². The Balaban J connectivity index is 1.96. The lowest BCUT2D eigenvalue weighted by molar-refractivity contribution is -0.384. The van der Waals surface area contributed by atoms with E-state index in [0.29, 0.717) is 11.3 Å². The van der Waals surface area contributed by atoms with Gasteiger partial charge in [0.1, 0.15) is 5.70 Å². The number of nitro groups is 1. The Hall–Kier alpha value is -3.72. The van der Waals surface area contributed by atoms with Crippen LogP contribution in [0.4, 0.5) is 17.1 Å². The van der Waals surface area contributed by atoms with E-state index >= 15 is 0 Å². The first-order valence-corrected chi connectivity index (χ1v) is 10.2. The Morgan fingerprint density at radius 2 is 1.66 bits per heavy atom. The van der Waals surface area contributed by atoms with Crippen LogP contribution in [0.25, 0.3) is 5.57 Å². The normalized spacial score (nSPS) is 13.8. The van der Waals surface area contributed by atoms with Crippen molar-refractivity contribution in [3.8, 4) is 0 Å². The fraction of sp³-hybridized carbons (Fsp3) is 0.304. The van der Waals surface area contributed by atoms with Gasteiger partial charge in [-0.1, -0.05) is 0 Å². The summed E-state index contributed by atoms with van der Waals surface area (Å²) in [6, 6.07) is 13.0.